The molecular formula is C28H36N2O6. The van der Waals surface area contributed by atoms with Crippen LogP contribution in [0.2, 0.25) is 0 Å². The van der Waals surface area contributed by atoms with E-state index in [4.69, 9.17) is 14.2 Å². The highest BCUT2D eigenvalue weighted by Gasteiger charge is 2.36. The van der Waals surface area contributed by atoms with E-state index in [9.17, 15) is 14.4 Å². The van der Waals surface area contributed by atoms with E-state index in [2.05, 4.69) is 5.32 Å². The van der Waals surface area contributed by atoms with Gasteiger partial charge in [-0.25, -0.2) is 9.59 Å². The summed E-state index contributed by atoms with van der Waals surface area (Å²) >= 11 is 0. The van der Waals surface area contributed by atoms with E-state index in [1.165, 1.54) is 4.90 Å². The Morgan fingerprint density at radius 3 is 2.33 bits per heavy atom. The molecule has 0 aliphatic carbocycles. The van der Waals surface area contributed by atoms with Crippen molar-refractivity contribution in [3.05, 3.63) is 65.7 Å². The Hall–Kier alpha value is -3.55. The fourth-order valence-corrected chi connectivity index (χ4v) is 4.06. The first kappa shape index (κ1) is 27.0. The molecule has 2 aromatic carbocycles. The maximum absolute atomic E-state index is 13.4. The number of rotatable bonds is 8. The van der Waals surface area contributed by atoms with Crippen LogP contribution in [0.1, 0.15) is 51.2 Å². The van der Waals surface area contributed by atoms with Crippen molar-refractivity contribution in [2.45, 2.75) is 70.7 Å². The number of piperidine rings is 1. The minimum absolute atomic E-state index is 0.127. The summed E-state index contributed by atoms with van der Waals surface area (Å²) < 4.78 is 16.3. The molecular weight excluding hydrogens is 460 g/mol. The lowest BCUT2D eigenvalue weighted by atomic mass is 10.0. The van der Waals surface area contributed by atoms with Crippen molar-refractivity contribution < 1.29 is 28.6 Å². The summed E-state index contributed by atoms with van der Waals surface area (Å²) in [6.07, 6.45) is 1.79. The van der Waals surface area contributed by atoms with Gasteiger partial charge in [0.05, 0.1) is 7.11 Å². The molecule has 1 N–H and O–H groups in total. The zero-order valence-electron chi connectivity index (χ0n) is 21.5. The van der Waals surface area contributed by atoms with Gasteiger partial charge in [-0.15, -0.1) is 0 Å². The molecule has 0 spiro atoms. The van der Waals surface area contributed by atoms with Gasteiger partial charge in [0.2, 0.25) is 5.91 Å². The molecule has 1 aliphatic rings. The van der Waals surface area contributed by atoms with E-state index in [0.29, 0.717) is 18.7 Å². The van der Waals surface area contributed by atoms with Crippen molar-refractivity contribution in [3.63, 3.8) is 0 Å². The molecule has 1 saturated heterocycles. The van der Waals surface area contributed by atoms with Crippen LogP contribution in [-0.4, -0.2) is 54.2 Å². The van der Waals surface area contributed by atoms with Crippen LogP contribution >= 0.6 is 0 Å². The number of benzene rings is 2. The summed E-state index contributed by atoms with van der Waals surface area (Å²) in [4.78, 5) is 40.7. The molecule has 2 amide bonds. The molecule has 1 aliphatic heterocycles. The topological polar surface area (TPSA) is 94.2 Å². The average molecular weight is 497 g/mol. The van der Waals surface area contributed by atoms with Crippen LogP contribution in [0.25, 0.3) is 0 Å². The highest BCUT2D eigenvalue weighted by atomic mass is 16.6. The van der Waals surface area contributed by atoms with E-state index in [0.717, 1.165) is 24.0 Å². The number of carbonyl (C=O) groups is 3. The standard InChI is InChI=1S/C28H36N2O6/c1-28(2,3)36-26(32)23(18-20-13-15-22(34-4)16-14-20)29-25(31)24-12-8-9-17-30(24)27(33)35-19-21-10-6-5-7-11-21/h5-7,10-11,13-16,23-24H,8-9,12,17-19H2,1-4H3,(H,29,31). The van der Waals surface area contributed by atoms with Gasteiger partial charge in [0.25, 0.3) is 0 Å². The van der Waals surface area contributed by atoms with Gasteiger partial charge in [-0.2, -0.15) is 0 Å². The van der Waals surface area contributed by atoms with Crippen LogP contribution in [0.15, 0.2) is 54.6 Å². The van der Waals surface area contributed by atoms with Gasteiger partial charge in [-0.05, 0) is 63.3 Å². The summed E-state index contributed by atoms with van der Waals surface area (Å²) in [5.74, 6) is -0.222. The Kier molecular flexibility index (Phi) is 9.33. The quantitative estimate of drug-likeness (QED) is 0.549. The van der Waals surface area contributed by atoms with E-state index in [1.54, 1.807) is 40.0 Å². The number of nitrogens with zero attached hydrogens (tertiary/aromatic N) is 1. The Balaban J connectivity index is 1.71. The van der Waals surface area contributed by atoms with Crippen LogP contribution in [0.3, 0.4) is 0 Å². The molecule has 2 aromatic rings. The predicted molar refractivity (Wildman–Crippen MR) is 135 cm³/mol. The fraction of sp³-hybridized carbons (Fsp3) is 0.464. The van der Waals surface area contributed by atoms with Gasteiger partial charge < -0.3 is 19.5 Å². The summed E-state index contributed by atoms with van der Waals surface area (Å²) in [5.41, 5.74) is 1.00. The molecule has 2 unspecified atom stereocenters. The monoisotopic (exact) mass is 496 g/mol. The predicted octanol–water partition coefficient (Wildman–Crippen LogP) is 4.26. The first-order chi connectivity index (χ1) is 17.2. The summed E-state index contributed by atoms with van der Waals surface area (Å²) in [6.45, 7) is 5.89. The van der Waals surface area contributed by atoms with Crippen LogP contribution in [0.4, 0.5) is 4.79 Å². The minimum Gasteiger partial charge on any atom is -0.497 e. The highest BCUT2D eigenvalue weighted by molar-refractivity contribution is 5.90. The van der Waals surface area contributed by atoms with E-state index >= 15 is 0 Å². The number of carbonyl (C=O) groups excluding carboxylic acids is 3. The number of methoxy groups -OCH3 is 1. The van der Waals surface area contributed by atoms with Crippen molar-refractivity contribution in [2.24, 2.45) is 0 Å². The summed E-state index contributed by atoms with van der Waals surface area (Å²) in [7, 11) is 1.58. The third-order valence-corrected chi connectivity index (χ3v) is 5.85. The maximum Gasteiger partial charge on any atom is 0.410 e. The largest absolute Gasteiger partial charge is 0.497 e. The molecule has 1 heterocycles. The number of likely N-dealkylation sites (tertiary alicyclic amines) is 1. The number of hydrogen-bond acceptors (Lipinski definition) is 6. The van der Waals surface area contributed by atoms with Gasteiger partial charge in [0, 0.05) is 13.0 Å². The number of amides is 2. The molecule has 36 heavy (non-hydrogen) atoms. The van der Waals surface area contributed by atoms with E-state index in [-0.39, 0.29) is 13.0 Å². The van der Waals surface area contributed by atoms with Crippen molar-refractivity contribution in [1.29, 1.82) is 0 Å². The molecule has 8 nitrogen and oxygen atoms in total. The molecule has 1 fully saturated rings. The zero-order valence-corrected chi connectivity index (χ0v) is 21.5. The first-order valence-electron chi connectivity index (χ1n) is 12.3. The van der Waals surface area contributed by atoms with Crippen molar-refractivity contribution in [3.8, 4) is 5.75 Å². The molecule has 194 valence electrons. The lowest BCUT2D eigenvalue weighted by molar-refractivity contribution is -0.159. The van der Waals surface area contributed by atoms with Crippen molar-refractivity contribution in [2.75, 3.05) is 13.7 Å². The lowest BCUT2D eigenvalue weighted by Crippen LogP contribution is -2.56. The van der Waals surface area contributed by atoms with Gasteiger partial charge in [0.1, 0.15) is 30.0 Å². The summed E-state index contributed by atoms with van der Waals surface area (Å²) in [6, 6.07) is 15.0. The van der Waals surface area contributed by atoms with Gasteiger partial charge in [-0.3, -0.25) is 9.69 Å². The Morgan fingerprint density at radius 1 is 1.00 bits per heavy atom. The molecule has 0 bridgehead atoms. The Bertz CT molecular complexity index is 1020. The smallest absolute Gasteiger partial charge is 0.410 e. The second-order valence-electron chi connectivity index (χ2n) is 9.89. The van der Waals surface area contributed by atoms with Crippen molar-refractivity contribution in [1.82, 2.24) is 10.2 Å². The second-order valence-corrected chi connectivity index (χ2v) is 9.89. The normalized spacial score (nSPS) is 16.6. The third kappa shape index (κ3) is 8.00. The second kappa shape index (κ2) is 12.4. The van der Waals surface area contributed by atoms with E-state index < -0.39 is 35.7 Å². The molecule has 0 aromatic heterocycles. The van der Waals surface area contributed by atoms with E-state index in [1.807, 2.05) is 42.5 Å². The van der Waals surface area contributed by atoms with Gasteiger partial charge in [0.15, 0.2) is 0 Å². The molecule has 0 radical (unpaired) electrons. The van der Waals surface area contributed by atoms with Crippen LogP contribution < -0.4 is 10.1 Å². The Morgan fingerprint density at radius 2 is 1.69 bits per heavy atom. The number of hydrogen-bond donors (Lipinski definition) is 1. The molecule has 8 heteroatoms. The first-order valence-corrected chi connectivity index (χ1v) is 12.3. The molecule has 3 rings (SSSR count). The van der Waals surface area contributed by atoms with Crippen LogP contribution in [-0.2, 0) is 32.1 Å². The number of nitrogens with one attached hydrogen (secondary N) is 1. The Labute approximate surface area is 212 Å². The fourth-order valence-electron chi connectivity index (χ4n) is 4.06. The number of esters is 1. The number of ether oxygens (including phenoxy) is 3. The van der Waals surface area contributed by atoms with Crippen molar-refractivity contribution >= 4 is 18.0 Å². The van der Waals surface area contributed by atoms with Crippen LogP contribution in [0.5, 0.6) is 5.75 Å². The minimum atomic E-state index is -0.908. The maximum atomic E-state index is 13.4. The summed E-state index contributed by atoms with van der Waals surface area (Å²) in [5, 5.41) is 2.85. The average Bonchev–Trinajstić information content (AvgIpc) is 2.87. The highest BCUT2D eigenvalue weighted by Crippen LogP contribution is 2.20. The molecule has 2 atom stereocenters. The third-order valence-electron chi connectivity index (χ3n) is 5.85. The van der Waals surface area contributed by atoms with Gasteiger partial charge >= 0.3 is 12.1 Å². The van der Waals surface area contributed by atoms with Gasteiger partial charge in [-0.1, -0.05) is 42.5 Å². The molecule has 0 saturated carbocycles. The lowest BCUT2D eigenvalue weighted by Gasteiger charge is -2.35. The van der Waals surface area contributed by atoms with Crippen LogP contribution in [0, 0.1) is 0 Å². The SMILES string of the molecule is COc1ccc(CC(NC(=O)C2CCCCN2C(=O)OCc2ccccc2)C(=O)OC(C)(C)C)cc1. The zero-order chi connectivity index (χ0) is 26.1.